The average molecular weight is 325 g/mol. The van der Waals surface area contributed by atoms with Gasteiger partial charge in [0.15, 0.2) is 0 Å². The highest BCUT2D eigenvalue weighted by molar-refractivity contribution is 5.96. The molecule has 1 aromatic heterocycles. The number of rotatable bonds is 4. The molecule has 1 saturated heterocycles. The number of carboxylic acids is 1. The molecule has 2 aromatic rings. The van der Waals surface area contributed by atoms with Crippen molar-refractivity contribution in [2.45, 2.75) is 24.9 Å². The van der Waals surface area contributed by atoms with Gasteiger partial charge in [-0.2, -0.15) is 0 Å². The number of carbonyl (C=O) groups is 2. The maximum Gasteiger partial charge on any atom is 0.327 e. The van der Waals surface area contributed by atoms with Gasteiger partial charge in [0.25, 0.3) is 5.91 Å². The van der Waals surface area contributed by atoms with Crippen LogP contribution in [0.1, 0.15) is 40.6 Å². The first-order valence-corrected chi connectivity index (χ1v) is 7.80. The molecule has 3 atom stereocenters. The molecule has 1 aromatic carbocycles. The maximum absolute atomic E-state index is 12.7. The second-order valence-electron chi connectivity index (χ2n) is 5.99. The third-order valence-corrected chi connectivity index (χ3v) is 4.31. The molecule has 0 bridgehead atoms. The number of hydrogen-bond acceptors (Lipinski definition) is 4. The second kappa shape index (κ2) is 6.41. The van der Waals surface area contributed by atoms with E-state index in [1.54, 1.807) is 25.1 Å². The van der Waals surface area contributed by atoms with Crippen molar-refractivity contribution < 1.29 is 14.7 Å². The molecule has 6 nitrogen and oxygen atoms in total. The monoisotopic (exact) mass is 325 g/mol. The molecule has 1 aliphatic rings. The fraction of sp³-hybridized carbons (Fsp3) is 0.278. The summed E-state index contributed by atoms with van der Waals surface area (Å²) in [6.07, 6.45) is 0. The number of pyridine rings is 1. The lowest BCUT2D eigenvalue weighted by molar-refractivity contribution is -0.147. The number of nitrogens with zero attached hydrogens (tertiary/aromatic N) is 2. The number of aromatic nitrogens is 1. The Balaban J connectivity index is 1.83. The molecule has 0 saturated carbocycles. The van der Waals surface area contributed by atoms with Crippen molar-refractivity contribution in [3.63, 3.8) is 0 Å². The van der Waals surface area contributed by atoms with E-state index in [-0.39, 0.29) is 23.6 Å². The van der Waals surface area contributed by atoms with E-state index in [0.717, 1.165) is 5.56 Å². The second-order valence-corrected chi connectivity index (χ2v) is 5.99. The van der Waals surface area contributed by atoms with Gasteiger partial charge >= 0.3 is 5.97 Å². The van der Waals surface area contributed by atoms with Crippen molar-refractivity contribution in [3.05, 3.63) is 65.5 Å². The van der Waals surface area contributed by atoms with Gasteiger partial charge in [0, 0.05) is 18.5 Å². The van der Waals surface area contributed by atoms with E-state index in [0.29, 0.717) is 12.2 Å². The summed E-state index contributed by atoms with van der Waals surface area (Å²) in [5.74, 6) is -1.59. The van der Waals surface area contributed by atoms with Crippen LogP contribution in [0, 0.1) is 0 Å². The standard InChI is InChI=1S/C18H19N3O3/c1-11(19)14-8-5-9-15(20-14)17(22)21-10-13(16(21)18(23)24)12-6-3-2-4-7-12/h2-9,11,13,16H,10,19H2,1H3,(H,23,24). The van der Waals surface area contributed by atoms with Crippen molar-refractivity contribution in [2.24, 2.45) is 5.73 Å². The van der Waals surface area contributed by atoms with E-state index in [1.807, 2.05) is 30.3 Å². The molecule has 2 heterocycles. The number of benzene rings is 1. The van der Waals surface area contributed by atoms with E-state index in [1.165, 1.54) is 4.90 Å². The number of carboxylic acid groups (broad SMARTS) is 1. The van der Waals surface area contributed by atoms with E-state index in [2.05, 4.69) is 4.98 Å². The van der Waals surface area contributed by atoms with Crippen molar-refractivity contribution in [2.75, 3.05) is 6.54 Å². The largest absolute Gasteiger partial charge is 0.480 e. The molecular weight excluding hydrogens is 306 g/mol. The van der Waals surface area contributed by atoms with Crippen LogP contribution in [0.2, 0.25) is 0 Å². The fourth-order valence-corrected chi connectivity index (χ4v) is 2.98. The highest BCUT2D eigenvalue weighted by Gasteiger charge is 2.47. The van der Waals surface area contributed by atoms with Gasteiger partial charge in [-0.15, -0.1) is 0 Å². The van der Waals surface area contributed by atoms with Crippen LogP contribution in [0.15, 0.2) is 48.5 Å². The van der Waals surface area contributed by atoms with Crippen LogP contribution in [-0.2, 0) is 4.79 Å². The first kappa shape index (κ1) is 16.1. The maximum atomic E-state index is 12.7. The summed E-state index contributed by atoms with van der Waals surface area (Å²) >= 11 is 0. The van der Waals surface area contributed by atoms with Crippen LogP contribution in [0.4, 0.5) is 0 Å². The summed E-state index contributed by atoms with van der Waals surface area (Å²) in [4.78, 5) is 29.9. The number of carbonyl (C=O) groups excluding carboxylic acids is 1. The van der Waals surface area contributed by atoms with Crippen LogP contribution in [0.25, 0.3) is 0 Å². The zero-order valence-corrected chi connectivity index (χ0v) is 13.3. The number of nitrogens with two attached hydrogens (primary N) is 1. The first-order chi connectivity index (χ1) is 11.5. The molecule has 1 amide bonds. The van der Waals surface area contributed by atoms with Gasteiger partial charge in [-0.25, -0.2) is 9.78 Å². The number of amides is 1. The van der Waals surface area contributed by atoms with Crippen LogP contribution >= 0.6 is 0 Å². The molecule has 24 heavy (non-hydrogen) atoms. The zero-order chi connectivity index (χ0) is 17.3. The number of hydrogen-bond donors (Lipinski definition) is 2. The Labute approximate surface area is 139 Å². The SMILES string of the molecule is CC(N)c1cccc(C(=O)N2CC(c3ccccc3)C2C(=O)O)n1. The van der Waals surface area contributed by atoms with Crippen LogP contribution in [0.3, 0.4) is 0 Å². The third kappa shape index (κ3) is 2.88. The summed E-state index contributed by atoms with van der Waals surface area (Å²) in [7, 11) is 0. The smallest absolute Gasteiger partial charge is 0.327 e. The molecule has 3 rings (SSSR count). The van der Waals surface area contributed by atoms with Crippen LogP contribution in [0.5, 0.6) is 0 Å². The summed E-state index contributed by atoms with van der Waals surface area (Å²) in [6, 6.07) is 13.3. The first-order valence-electron chi connectivity index (χ1n) is 7.80. The Hall–Kier alpha value is -2.73. The molecular formula is C18H19N3O3. The highest BCUT2D eigenvalue weighted by atomic mass is 16.4. The van der Waals surface area contributed by atoms with Gasteiger partial charge in [-0.1, -0.05) is 36.4 Å². The van der Waals surface area contributed by atoms with Crippen molar-refractivity contribution in [3.8, 4) is 0 Å². The summed E-state index contributed by atoms with van der Waals surface area (Å²) in [5.41, 5.74) is 7.55. The van der Waals surface area contributed by atoms with E-state index in [9.17, 15) is 14.7 Å². The average Bonchev–Trinajstić information content (AvgIpc) is 2.54. The number of aliphatic carboxylic acids is 1. The number of likely N-dealkylation sites (tertiary alicyclic amines) is 1. The Kier molecular flexibility index (Phi) is 4.31. The van der Waals surface area contributed by atoms with Gasteiger partial charge in [-0.3, -0.25) is 4.79 Å². The van der Waals surface area contributed by atoms with E-state index < -0.39 is 12.0 Å². The lowest BCUT2D eigenvalue weighted by atomic mass is 9.82. The minimum absolute atomic E-state index is 0.204. The molecule has 3 N–H and O–H groups in total. The molecule has 0 spiro atoms. The fourth-order valence-electron chi connectivity index (χ4n) is 2.98. The highest BCUT2D eigenvalue weighted by Crippen LogP contribution is 2.35. The molecule has 124 valence electrons. The Bertz CT molecular complexity index is 761. The topological polar surface area (TPSA) is 96.5 Å². The quantitative estimate of drug-likeness (QED) is 0.893. The van der Waals surface area contributed by atoms with Crippen LogP contribution in [-0.4, -0.2) is 39.5 Å². The molecule has 6 heteroatoms. The molecule has 0 aliphatic carbocycles. The molecule has 0 radical (unpaired) electrons. The zero-order valence-electron chi connectivity index (χ0n) is 13.3. The summed E-state index contributed by atoms with van der Waals surface area (Å²) in [5, 5.41) is 9.54. The van der Waals surface area contributed by atoms with E-state index in [4.69, 9.17) is 5.73 Å². The minimum Gasteiger partial charge on any atom is -0.480 e. The van der Waals surface area contributed by atoms with Crippen molar-refractivity contribution in [1.29, 1.82) is 0 Å². The predicted octanol–water partition coefficient (Wildman–Crippen LogP) is 1.79. The van der Waals surface area contributed by atoms with Gasteiger partial charge in [0.1, 0.15) is 11.7 Å². The van der Waals surface area contributed by atoms with Crippen molar-refractivity contribution in [1.82, 2.24) is 9.88 Å². The predicted molar refractivity (Wildman–Crippen MR) is 88.5 cm³/mol. The van der Waals surface area contributed by atoms with Crippen LogP contribution < -0.4 is 5.73 Å². The molecule has 1 fully saturated rings. The normalized spacial score (nSPS) is 21.0. The minimum atomic E-state index is -1.01. The Morgan fingerprint density at radius 3 is 2.54 bits per heavy atom. The van der Waals surface area contributed by atoms with Gasteiger partial charge in [-0.05, 0) is 24.6 Å². The van der Waals surface area contributed by atoms with Gasteiger partial charge in [0.2, 0.25) is 0 Å². The summed E-state index contributed by atoms with van der Waals surface area (Å²) < 4.78 is 0. The molecule has 1 aliphatic heterocycles. The Morgan fingerprint density at radius 2 is 1.92 bits per heavy atom. The molecule has 3 unspecified atom stereocenters. The van der Waals surface area contributed by atoms with Crippen molar-refractivity contribution >= 4 is 11.9 Å². The van der Waals surface area contributed by atoms with Gasteiger partial charge in [0.05, 0.1) is 5.69 Å². The third-order valence-electron chi connectivity index (χ3n) is 4.31. The lowest BCUT2D eigenvalue weighted by Gasteiger charge is -2.45. The van der Waals surface area contributed by atoms with E-state index >= 15 is 0 Å². The van der Waals surface area contributed by atoms with Gasteiger partial charge < -0.3 is 15.7 Å². The summed E-state index contributed by atoms with van der Waals surface area (Å²) in [6.45, 7) is 2.15. The Morgan fingerprint density at radius 1 is 1.21 bits per heavy atom. The lowest BCUT2D eigenvalue weighted by Crippen LogP contribution is -2.60.